The molecule has 0 radical (unpaired) electrons. The maximum atomic E-state index is 13.2. The first-order valence-electron chi connectivity index (χ1n) is 9.63. The first-order valence-corrected chi connectivity index (χ1v) is 10.0. The number of hydrogen-bond donors (Lipinski definition) is 1. The number of aromatic nitrogens is 1. The number of halogens is 1. The van der Waals surface area contributed by atoms with Crippen molar-refractivity contribution in [3.63, 3.8) is 0 Å². The molecule has 4 rings (SSSR count). The van der Waals surface area contributed by atoms with Crippen LogP contribution in [0, 0.1) is 0 Å². The van der Waals surface area contributed by atoms with E-state index in [1.807, 2.05) is 18.2 Å². The van der Waals surface area contributed by atoms with Crippen molar-refractivity contribution < 1.29 is 14.6 Å². The molecule has 0 amide bonds. The molecule has 152 valence electrons. The maximum Gasteiger partial charge on any atom is 0.323 e. The number of aliphatic carboxylic acids is 1. The van der Waals surface area contributed by atoms with Gasteiger partial charge in [0.05, 0.1) is 28.6 Å². The van der Waals surface area contributed by atoms with Crippen LogP contribution in [0.3, 0.4) is 0 Å². The summed E-state index contributed by atoms with van der Waals surface area (Å²) in [4.78, 5) is 27.1. The SMILES string of the molecule is COc1c(Cl)ccc2c(=O)c3ccc(C4CCN(C)CC4)cc3n(CC(=O)O)c12. The minimum Gasteiger partial charge on any atom is -0.493 e. The fourth-order valence-electron chi connectivity index (χ4n) is 4.32. The minimum atomic E-state index is -0.997. The summed E-state index contributed by atoms with van der Waals surface area (Å²) in [6, 6.07) is 9.03. The lowest BCUT2D eigenvalue weighted by molar-refractivity contribution is -0.137. The number of carboxylic acids is 1. The molecule has 1 fully saturated rings. The van der Waals surface area contributed by atoms with E-state index in [0.717, 1.165) is 31.5 Å². The van der Waals surface area contributed by atoms with E-state index in [1.165, 1.54) is 7.11 Å². The summed E-state index contributed by atoms with van der Waals surface area (Å²) in [5, 5.41) is 10.8. The van der Waals surface area contributed by atoms with Gasteiger partial charge in [0.15, 0.2) is 11.2 Å². The second-order valence-electron chi connectivity index (χ2n) is 7.64. The van der Waals surface area contributed by atoms with E-state index < -0.39 is 5.97 Å². The van der Waals surface area contributed by atoms with Gasteiger partial charge in [-0.3, -0.25) is 9.59 Å². The van der Waals surface area contributed by atoms with Gasteiger partial charge in [-0.05, 0) is 68.7 Å². The predicted octanol–water partition coefficient (Wildman–Crippen LogP) is 3.71. The lowest BCUT2D eigenvalue weighted by Gasteiger charge is -2.29. The molecule has 7 heteroatoms. The summed E-state index contributed by atoms with van der Waals surface area (Å²) >= 11 is 6.29. The highest BCUT2D eigenvalue weighted by molar-refractivity contribution is 6.33. The van der Waals surface area contributed by atoms with E-state index in [1.54, 1.807) is 16.7 Å². The van der Waals surface area contributed by atoms with Crippen molar-refractivity contribution in [2.24, 2.45) is 0 Å². The average Bonchev–Trinajstić information content (AvgIpc) is 2.71. The average molecular weight is 415 g/mol. The zero-order valence-electron chi connectivity index (χ0n) is 16.4. The Kier molecular flexibility index (Phi) is 5.23. The molecule has 1 aliphatic rings. The van der Waals surface area contributed by atoms with Crippen LogP contribution in [0.15, 0.2) is 35.1 Å². The largest absolute Gasteiger partial charge is 0.493 e. The molecule has 0 saturated carbocycles. The number of carboxylic acid groups (broad SMARTS) is 1. The highest BCUT2D eigenvalue weighted by Crippen LogP contribution is 2.35. The molecule has 1 aromatic heterocycles. The van der Waals surface area contributed by atoms with Crippen molar-refractivity contribution in [2.75, 3.05) is 27.2 Å². The number of pyridine rings is 1. The summed E-state index contributed by atoms with van der Waals surface area (Å²) in [5.41, 5.74) is 1.99. The Bertz CT molecular complexity index is 1160. The van der Waals surface area contributed by atoms with E-state index >= 15 is 0 Å². The number of ether oxygens (including phenoxy) is 1. The molecule has 1 saturated heterocycles. The highest BCUT2D eigenvalue weighted by atomic mass is 35.5. The number of rotatable bonds is 4. The van der Waals surface area contributed by atoms with E-state index in [0.29, 0.717) is 38.5 Å². The van der Waals surface area contributed by atoms with Crippen molar-refractivity contribution in [2.45, 2.75) is 25.3 Å². The fraction of sp³-hybridized carbons (Fsp3) is 0.364. The molecule has 0 spiro atoms. The number of carbonyl (C=O) groups is 1. The molecule has 0 atom stereocenters. The Morgan fingerprint density at radius 1 is 1.21 bits per heavy atom. The molecule has 2 aromatic carbocycles. The standard InChI is InChI=1S/C22H23ClN2O4/c1-24-9-7-13(8-10-24)14-3-4-15-18(11-14)25(12-19(26)27)20-16(21(15)28)5-6-17(23)22(20)29-2/h3-6,11,13H,7-10,12H2,1-2H3,(H,26,27). The second-order valence-corrected chi connectivity index (χ2v) is 8.05. The Morgan fingerprint density at radius 3 is 2.55 bits per heavy atom. The van der Waals surface area contributed by atoms with Gasteiger partial charge in [0, 0.05) is 5.39 Å². The number of fused-ring (bicyclic) bond motifs is 2. The summed E-state index contributed by atoms with van der Waals surface area (Å²) in [6.07, 6.45) is 2.07. The fourth-order valence-corrected chi connectivity index (χ4v) is 4.55. The van der Waals surface area contributed by atoms with Gasteiger partial charge in [0.25, 0.3) is 0 Å². The maximum absolute atomic E-state index is 13.2. The third kappa shape index (κ3) is 3.47. The summed E-state index contributed by atoms with van der Waals surface area (Å²) in [5.74, 6) is -0.294. The third-order valence-corrected chi connectivity index (χ3v) is 6.14. The summed E-state index contributed by atoms with van der Waals surface area (Å²) in [6.45, 7) is 1.75. The molecule has 6 nitrogen and oxygen atoms in total. The van der Waals surface area contributed by atoms with E-state index in [-0.39, 0.29) is 12.0 Å². The summed E-state index contributed by atoms with van der Waals surface area (Å²) < 4.78 is 7.09. The van der Waals surface area contributed by atoms with Gasteiger partial charge in [-0.2, -0.15) is 0 Å². The zero-order chi connectivity index (χ0) is 20.7. The quantitative estimate of drug-likeness (QED) is 0.659. The Balaban J connectivity index is 2.03. The van der Waals surface area contributed by atoms with Crippen molar-refractivity contribution >= 4 is 39.4 Å². The monoisotopic (exact) mass is 414 g/mol. The van der Waals surface area contributed by atoms with Crippen LogP contribution in [0.5, 0.6) is 5.75 Å². The number of nitrogens with zero attached hydrogens (tertiary/aromatic N) is 2. The number of likely N-dealkylation sites (tertiary alicyclic amines) is 1. The Morgan fingerprint density at radius 2 is 1.90 bits per heavy atom. The van der Waals surface area contributed by atoms with Crippen LogP contribution in [0.4, 0.5) is 0 Å². The normalized spacial score (nSPS) is 15.8. The number of hydrogen-bond acceptors (Lipinski definition) is 4. The van der Waals surface area contributed by atoms with Crippen molar-refractivity contribution in [1.82, 2.24) is 9.47 Å². The first kappa shape index (κ1) is 19.7. The van der Waals surface area contributed by atoms with Gasteiger partial charge in [-0.25, -0.2) is 0 Å². The molecular weight excluding hydrogens is 392 g/mol. The molecule has 0 bridgehead atoms. The van der Waals surface area contributed by atoms with Gasteiger partial charge >= 0.3 is 5.97 Å². The molecule has 1 N–H and O–H groups in total. The van der Waals surface area contributed by atoms with Crippen molar-refractivity contribution in [1.29, 1.82) is 0 Å². The lowest BCUT2D eigenvalue weighted by atomic mass is 9.89. The van der Waals surface area contributed by atoms with E-state index in [4.69, 9.17) is 16.3 Å². The highest BCUT2D eigenvalue weighted by Gasteiger charge is 2.22. The third-order valence-electron chi connectivity index (χ3n) is 5.84. The molecule has 0 aliphatic carbocycles. The number of methoxy groups -OCH3 is 1. The van der Waals surface area contributed by atoms with Gasteiger partial charge in [-0.1, -0.05) is 17.7 Å². The van der Waals surface area contributed by atoms with Crippen LogP contribution < -0.4 is 10.2 Å². The lowest BCUT2D eigenvalue weighted by Crippen LogP contribution is -2.29. The second kappa shape index (κ2) is 7.69. The van der Waals surface area contributed by atoms with Crippen LogP contribution >= 0.6 is 11.6 Å². The van der Waals surface area contributed by atoms with Crippen LogP contribution in [-0.4, -0.2) is 47.8 Å². The van der Waals surface area contributed by atoms with E-state index in [9.17, 15) is 14.7 Å². The van der Waals surface area contributed by atoms with Gasteiger partial charge in [0.1, 0.15) is 6.54 Å². The molecule has 1 aliphatic heterocycles. The van der Waals surface area contributed by atoms with Crippen LogP contribution in [0.2, 0.25) is 5.02 Å². The Labute approximate surface area is 173 Å². The smallest absolute Gasteiger partial charge is 0.323 e. The van der Waals surface area contributed by atoms with Gasteiger partial charge < -0.3 is 19.3 Å². The first-order chi connectivity index (χ1) is 13.9. The van der Waals surface area contributed by atoms with Crippen LogP contribution in [0.25, 0.3) is 21.8 Å². The van der Waals surface area contributed by atoms with Crippen molar-refractivity contribution in [3.05, 3.63) is 51.1 Å². The topological polar surface area (TPSA) is 71.8 Å². The van der Waals surface area contributed by atoms with Crippen LogP contribution in [0.1, 0.15) is 24.3 Å². The predicted molar refractivity (Wildman–Crippen MR) is 114 cm³/mol. The Hall–Kier alpha value is -2.57. The number of benzene rings is 2. The van der Waals surface area contributed by atoms with Gasteiger partial charge in [0.2, 0.25) is 0 Å². The van der Waals surface area contributed by atoms with Gasteiger partial charge in [-0.15, -0.1) is 0 Å². The molecule has 2 heterocycles. The summed E-state index contributed by atoms with van der Waals surface area (Å²) in [7, 11) is 3.58. The zero-order valence-corrected chi connectivity index (χ0v) is 17.2. The molecule has 3 aromatic rings. The number of piperidine rings is 1. The molecule has 29 heavy (non-hydrogen) atoms. The molecule has 0 unspecified atom stereocenters. The van der Waals surface area contributed by atoms with Crippen LogP contribution in [-0.2, 0) is 11.3 Å². The van der Waals surface area contributed by atoms with Crippen molar-refractivity contribution in [3.8, 4) is 5.75 Å². The molecular formula is C22H23ClN2O4. The van der Waals surface area contributed by atoms with E-state index in [2.05, 4.69) is 11.9 Å². The minimum absolute atomic E-state index is 0.151.